The zero-order valence-corrected chi connectivity index (χ0v) is 32.0. The van der Waals surface area contributed by atoms with Crippen molar-refractivity contribution < 1.29 is 0 Å². The summed E-state index contributed by atoms with van der Waals surface area (Å²) in [5.41, 5.74) is 16.9. The molecule has 0 amide bonds. The summed E-state index contributed by atoms with van der Waals surface area (Å²) in [6.45, 7) is 4.73. The first-order valence-electron chi connectivity index (χ1n) is 19.9. The molecule has 1 aliphatic rings. The zero-order valence-electron chi connectivity index (χ0n) is 32.0. The Morgan fingerprint density at radius 3 is 1.86 bits per heavy atom. The molecule has 10 aromatic rings. The van der Waals surface area contributed by atoms with Crippen molar-refractivity contribution in [3.8, 4) is 39.1 Å². The van der Waals surface area contributed by atoms with Gasteiger partial charge in [-0.1, -0.05) is 172 Å². The number of rotatable bonds is 6. The van der Waals surface area contributed by atoms with Gasteiger partial charge in [0, 0.05) is 38.5 Å². The number of aromatic nitrogens is 1. The SMILES string of the molecule is CC1(C)c2ccccc2-c2ccc(N(c3ccc4c5ccccc5n(-c5cccc6ccccc56)c4c3)c3ccc(-c4ccccc4)cc3-c3ccccc3)cc21. The van der Waals surface area contributed by atoms with Gasteiger partial charge in [-0.25, -0.2) is 0 Å². The van der Waals surface area contributed by atoms with Crippen LogP contribution in [-0.2, 0) is 5.41 Å². The van der Waals surface area contributed by atoms with Crippen molar-refractivity contribution in [2.45, 2.75) is 19.3 Å². The minimum absolute atomic E-state index is 0.141. The predicted octanol–water partition coefficient (Wildman–Crippen LogP) is 15.0. The van der Waals surface area contributed by atoms with Gasteiger partial charge in [0.15, 0.2) is 0 Å². The minimum Gasteiger partial charge on any atom is -0.310 e. The summed E-state index contributed by atoms with van der Waals surface area (Å²) in [5.74, 6) is 0. The maximum Gasteiger partial charge on any atom is 0.0562 e. The van der Waals surface area contributed by atoms with Crippen molar-refractivity contribution in [3.63, 3.8) is 0 Å². The van der Waals surface area contributed by atoms with Crippen LogP contribution in [0.3, 0.4) is 0 Å². The van der Waals surface area contributed by atoms with Gasteiger partial charge in [0.25, 0.3) is 0 Å². The smallest absolute Gasteiger partial charge is 0.0562 e. The average Bonchev–Trinajstić information content (AvgIpc) is 3.72. The first-order valence-corrected chi connectivity index (χ1v) is 19.9. The van der Waals surface area contributed by atoms with Crippen LogP contribution < -0.4 is 4.90 Å². The molecule has 0 unspecified atom stereocenters. The molecule has 0 spiro atoms. The van der Waals surface area contributed by atoms with Crippen molar-refractivity contribution in [1.29, 1.82) is 0 Å². The summed E-state index contributed by atoms with van der Waals surface area (Å²) in [6.07, 6.45) is 0. The predicted molar refractivity (Wildman–Crippen MR) is 241 cm³/mol. The average molecular weight is 729 g/mol. The highest BCUT2D eigenvalue weighted by molar-refractivity contribution is 6.12. The van der Waals surface area contributed by atoms with Crippen molar-refractivity contribution in [2.75, 3.05) is 4.90 Å². The monoisotopic (exact) mass is 728 g/mol. The lowest BCUT2D eigenvalue weighted by Crippen LogP contribution is -2.17. The topological polar surface area (TPSA) is 8.17 Å². The van der Waals surface area contributed by atoms with E-state index in [4.69, 9.17) is 0 Å². The fourth-order valence-corrected chi connectivity index (χ4v) is 9.41. The molecule has 1 heterocycles. The van der Waals surface area contributed by atoms with Crippen molar-refractivity contribution in [2.24, 2.45) is 0 Å². The maximum atomic E-state index is 2.49. The Hall–Kier alpha value is -7.16. The quantitative estimate of drug-likeness (QED) is 0.165. The lowest BCUT2D eigenvalue weighted by molar-refractivity contribution is 0.660. The summed E-state index contributed by atoms with van der Waals surface area (Å²) in [7, 11) is 0. The zero-order chi connectivity index (χ0) is 38.1. The third kappa shape index (κ3) is 5.25. The number of nitrogens with zero attached hydrogens (tertiary/aromatic N) is 2. The lowest BCUT2D eigenvalue weighted by atomic mass is 9.82. The highest BCUT2D eigenvalue weighted by atomic mass is 15.1. The molecule has 0 saturated heterocycles. The number of para-hydroxylation sites is 1. The molecule has 1 aromatic heterocycles. The van der Waals surface area contributed by atoms with Gasteiger partial charge in [-0.15, -0.1) is 0 Å². The molecule has 1 aliphatic carbocycles. The molecule has 11 rings (SSSR count). The summed E-state index contributed by atoms with van der Waals surface area (Å²) >= 11 is 0. The fraction of sp³-hybridized carbons (Fsp3) is 0.0545. The molecule has 270 valence electrons. The van der Waals surface area contributed by atoms with Gasteiger partial charge in [0.2, 0.25) is 0 Å². The number of fused-ring (bicyclic) bond motifs is 7. The van der Waals surface area contributed by atoms with Gasteiger partial charge in [0.1, 0.15) is 0 Å². The van der Waals surface area contributed by atoms with Gasteiger partial charge < -0.3 is 9.47 Å². The van der Waals surface area contributed by atoms with Crippen LogP contribution in [0.4, 0.5) is 17.1 Å². The minimum atomic E-state index is -0.141. The van der Waals surface area contributed by atoms with Crippen molar-refractivity contribution >= 4 is 49.6 Å². The first kappa shape index (κ1) is 33.2. The molecular weight excluding hydrogens is 689 g/mol. The van der Waals surface area contributed by atoms with E-state index >= 15 is 0 Å². The molecule has 0 fully saturated rings. The number of hydrogen-bond donors (Lipinski definition) is 0. The molecule has 2 heteroatoms. The van der Waals surface area contributed by atoms with Crippen molar-refractivity contribution in [1.82, 2.24) is 4.57 Å². The standard InChI is InChI=1S/C55H40N2/c1-55(2)49-25-13-11-23-44(49)45-31-29-41(35-50(45)55)56(53-33-28-40(37-16-5-3-6-17-37)34-48(53)39-18-7-4-8-19-39)42-30-32-47-46-24-12-14-26-52(46)57(54(47)36-42)51-27-15-21-38-20-9-10-22-43(38)51/h3-36H,1-2H3. The van der Waals surface area contributed by atoms with E-state index in [0.717, 1.165) is 17.1 Å². The molecule has 0 saturated carbocycles. The third-order valence-corrected chi connectivity index (χ3v) is 12.2. The van der Waals surface area contributed by atoms with Crippen LogP contribution in [0.15, 0.2) is 206 Å². The Kier molecular flexibility index (Phi) is 7.55. The van der Waals surface area contributed by atoms with Gasteiger partial charge >= 0.3 is 0 Å². The number of anilines is 3. The van der Waals surface area contributed by atoms with Crippen LogP contribution in [0.2, 0.25) is 0 Å². The first-order chi connectivity index (χ1) is 28.0. The molecule has 57 heavy (non-hydrogen) atoms. The van der Waals surface area contributed by atoms with E-state index in [9.17, 15) is 0 Å². The Bertz CT molecular complexity index is 3150. The molecule has 0 N–H and O–H groups in total. The van der Waals surface area contributed by atoms with E-state index in [0.29, 0.717) is 0 Å². The normalized spacial score (nSPS) is 12.9. The summed E-state index contributed by atoms with van der Waals surface area (Å²) in [5, 5.41) is 4.93. The van der Waals surface area contributed by atoms with E-state index in [1.807, 2.05) is 0 Å². The van der Waals surface area contributed by atoms with E-state index in [-0.39, 0.29) is 5.41 Å². The van der Waals surface area contributed by atoms with Crippen LogP contribution in [0.5, 0.6) is 0 Å². The molecule has 0 radical (unpaired) electrons. The third-order valence-electron chi connectivity index (χ3n) is 12.2. The largest absolute Gasteiger partial charge is 0.310 e. The number of benzene rings is 9. The molecule has 0 aliphatic heterocycles. The van der Waals surface area contributed by atoms with Gasteiger partial charge in [-0.2, -0.15) is 0 Å². The molecule has 0 bridgehead atoms. The fourth-order valence-electron chi connectivity index (χ4n) is 9.41. The van der Waals surface area contributed by atoms with Crippen LogP contribution >= 0.6 is 0 Å². The van der Waals surface area contributed by atoms with E-state index in [2.05, 4.69) is 230 Å². The Labute approximate surface area is 333 Å². The second kappa shape index (κ2) is 13.0. The maximum absolute atomic E-state index is 2.49. The molecule has 9 aromatic carbocycles. The Morgan fingerprint density at radius 1 is 0.386 bits per heavy atom. The van der Waals surface area contributed by atoms with Crippen LogP contribution in [-0.4, -0.2) is 4.57 Å². The second-order valence-electron chi connectivity index (χ2n) is 15.8. The Morgan fingerprint density at radius 2 is 1.02 bits per heavy atom. The van der Waals surface area contributed by atoms with Gasteiger partial charge in [-0.3, -0.25) is 0 Å². The van der Waals surface area contributed by atoms with Gasteiger partial charge in [0.05, 0.1) is 22.4 Å². The summed E-state index contributed by atoms with van der Waals surface area (Å²) in [6, 6.07) is 75.8. The van der Waals surface area contributed by atoms with Gasteiger partial charge in [-0.05, 0) is 92.9 Å². The van der Waals surface area contributed by atoms with Crippen LogP contribution in [0.25, 0.3) is 71.6 Å². The number of hydrogen-bond acceptors (Lipinski definition) is 1. The Balaban J connectivity index is 1.20. The van der Waals surface area contributed by atoms with E-state index in [1.54, 1.807) is 0 Å². The summed E-state index contributed by atoms with van der Waals surface area (Å²) in [4.78, 5) is 2.49. The van der Waals surface area contributed by atoms with Crippen molar-refractivity contribution in [3.05, 3.63) is 217 Å². The molecular formula is C55H40N2. The highest BCUT2D eigenvalue weighted by Gasteiger charge is 2.36. The van der Waals surface area contributed by atoms with E-state index < -0.39 is 0 Å². The highest BCUT2D eigenvalue weighted by Crippen LogP contribution is 2.52. The lowest BCUT2D eigenvalue weighted by Gasteiger charge is -2.30. The second-order valence-corrected chi connectivity index (χ2v) is 15.8. The summed E-state index contributed by atoms with van der Waals surface area (Å²) < 4.78 is 2.47. The van der Waals surface area contributed by atoms with Crippen LogP contribution in [0.1, 0.15) is 25.0 Å². The molecule has 0 atom stereocenters. The molecule has 2 nitrogen and oxygen atoms in total. The van der Waals surface area contributed by atoms with E-state index in [1.165, 1.54) is 82.8 Å². The van der Waals surface area contributed by atoms with Crippen LogP contribution in [0, 0.1) is 0 Å².